The van der Waals surface area contributed by atoms with Crippen LogP contribution in [0.25, 0.3) is 0 Å². The Kier molecular flexibility index (Phi) is 4.62. The molecule has 2 aliphatic heterocycles. The van der Waals surface area contributed by atoms with E-state index in [4.69, 9.17) is 0 Å². The number of carbonyl (C=O) groups is 1. The molecule has 2 aromatic heterocycles. The van der Waals surface area contributed by atoms with Crippen molar-refractivity contribution in [2.75, 3.05) is 26.2 Å². The molecule has 0 aliphatic carbocycles. The predicted octanol–water partition coefficient (Wildman–Crippen LogP) is 2.41. The van der Waals surface area contributed by atoms with Crippen LogP contribution in [-0.2, 0) is 6.54 Å². The molecule has 24 heavy (non-hydrogen) atoms. The largest absolute Gasteiger partial charge is 0.337 e. The quantitative estimate of drug-likeness (QED) is 0.854. The average molecular weight is 345 g/mol. The molecule has 0 unspecified atom stereocenters. The second-order valence-corrected chi connectivity index (χ2v) is 7.73. The number of hydrogen-bond acceptors (Lipinski definition) is 5. The van der Waals surface area contributed by atoms with Gasteiger partial charge in [0.25, 0.3) is 5.91 Å². The minimum absolute atomic E-state index is 0.0324. The zero-order chi connectivity index (χ0) is 16.4. The number of aromatic nitrogens is 3. The van der Waals surface area contributed by atoms with Crippen molar-refractivity contribution in [1.82, 2.24) is 24.8 Å². The van der Waals surface area contributed by atoms with Gasteiger partial charge in [0.15, 0.2) is 5.69 Å². The minimum atomic E-state index is 0.0324. The molecule has 1 amide bonds. The summed E-state index contributed by atoms with van der Waals surface area (Å²) in [7, 11) is 0. The number of hydrogen-bond donors (Lipinski definition) is 0. The summed E-state index contributed by atoms with van der Waals surface area (Å²) in [5, 5.41) is 10.5. The lowest BCUT2D eigenvalue weighted by Gasteiger charge is -2.32. The molecule has 0 spiro atoms. The number of thiophene rings is 1. The van der Waals surface area contributed by atoms with Crippen LogP contribution in [0.3, 0.4) is 0 Å². The highest BCUT2D eigenvalue weighted by Crippen LogP contribution is 2.23. The average Bonchev–Trinajstić information content (AvgIpc) is 3.36. The van der Waals surface area contributed by atoms with Crippen LogP contribution in [0.1, 0.15) is 47.1 Å². The molecule has 0 saturated carbocycles. The molecule has 2 fully saturated rings. The van der Waals surface area contributed by atoms with Gasteiger partial charge in [-0.1, -0.05) is 11.3 Å². The Labute approximate surface area is 146 Å². The van der Waals surface area contributed by atoms with Crippen LogP contribution in [0.2, 0.25) is 0 Å². The molecule has 0 aromatic carbocycles. The predicted molar refractivity (Wildman–Crippen MR) is 93.0 cm³/mol. The highest BCUT2D eigenvalue weighted by Gasteiger charge is 2.26. The lowest BCUT2D eigenvalue weighted by molar-refractivity contribution is 0.0787. The lowest BCUT2D eigenvalue weighted by Crippen LogP contribution is -2.36. The van der Waals surface area contributed by atoms with Crippen LogP contribution in [0.15, 0.2) is 23.7 Å². The molecule has 0 radical (unpaired) electrons. The minimum Gasteiger partial charge on any atom is -0.337 e. The zero-order valence-corrected chi connectivity index (χ0v) is 14.6. The third-order valence-electron chi connectivity index (χ3n) is 4.94. The van der Waals surface area contributed by atoms with E-state index in [2.05, 4.69) is 32.7 Å². The third kappa shape index (κ3) is 3.37. The van der Waals surface area contributed by atoms with Gasteiger partial charge in [0.1, 0.15) is 0 Å². The molecular formula is C17H23N5OS. The van der Waals surface area contributed by atoms with Crippen LogP contribution in [0.4, 0.5) is 0 Å². The highest BCUT2D eigenvalue weighted by molar-refractivity contribution is 7.09. The summed E-state index contributed by atoms with van der Waals surface area (Å²) >= 11 is 1.81. The fraction of sp³-hybridized carbons (Fsp3) is 0.588. The number of piperidine rings is 1. The molecular weight excluding hydrogens is 322 g/mol. The normalized spacial score (nSPS) is 22.2. The molecule has 4 heterocycles. The van der Waals surface area contributed by atoms with Crippen LogP contribution in [0.5, 0.6) is 0 Å². The Balaban J connectivity index is 1.41. The molecule has 128 valence electrons. The van der Waals surface area contributed by atoms with Gasteiger partial charge in [-0.25, -0.2) is 4.68 Å². The van der Waals surface area contributed by atoms with E-state index in [9.17, 15) is 4.79 Å². The number of likely N-dealkylation sites (tertiary alicyclic amines) is 2. The van der Waals surface area contributed by atoms with Gasteiger partial charge in [-0.2, -0.15) is 0 Å². The first kappa shape index (κ1) is 15.8. The molecule has 7 heteroatoms. The topological polar surface area (TPSA) is 54.3 Å². The summed E-state index contributed by atoms with van der Waals surface area (Å²) in [6, 6.07) is 4.61. The summed E-state index contributed by atoms with van der Waals surface area (Å²) in [5.74, 6) is 0.0324. The maximum atomic E-state index is 12.4. The Hall–Kier alpha value is -1.73. The third-order valence-corrected chi connectivity index (χ3v) is 5.80. The van der Waals surface area contributed by atoms with Gasteiger partial charge in [-0.05, 0) is 43.7 Å². The number of nitrogens with zero attached hydrogens (tertiary/aromatic N) is 5. The lowest BCUT2D eigenvalue weighted by atomic mass is 10.1. The molecule has 2 aromatic rings. The van der Waals surface area contributed by atoms with Crippen molar-refractivity contribution in [1.29, 1.82) is 0 Å². The first-order valence-corrected chi connectivity index (χ1v) is 9.63. The van der Waals surface area contributed by atoms with E-state index in [1.807, 2.05) is 27.1 Å². The number of rotatable bonds is 4. The molecule has 4 rings (SSSR count). The second-order valence-electron chi connectivity index (χ2n) is 6.69. The molecule has 2 aliphatic rings. The van der Waals surface area contributed by atoms with Gasteiger partial charge >= 0.3 is 0 Å². The van der Waals surface area contributed by atoms with Gasteiger partial charge < -0.3 is 4.90 Å². The van der Waals surface area contributed by atoms with Crippen LogP contribution < -0.4 is 0 Å². The van der Waals surface area contributed by atoms with Gasteiger partial charge in [-0.3, -0.25) is 9.69 Å². The summed E-state index contributed by atoms with van der Waals surface area (Å²) in [4.78, 5) is 18.2. The molecule has 0 bridgehead atoms. The Bertz CT molecular complexity index is 677. The SMILES string of the molecule is O=C(c1cn([C@@H]2CCCN(Cc3cccs3)C2)nn1)N1CCCC1. The van der Waals surface area contributed by atoms with Crippen molar-refractivity contribution in [2.24, 2.45) is 0 Å². The van der Waals surface area contributed by atoms with E-state index in [-0.39, 0.29) is 5.91 Å². The van der Waals surface area contributed by atoms with Crippen molar-refractivity contribution in [3.8, 4) is 0 Å². The van der Waals surface area contributed by atoms with Crippen molar-refractivity contribution in [3.05, 3.63) is 34.3 Å². The first-order valence-electron chi connectivity index (χ1n) is 8.75. The molecule has 1 atom stereocenters. The van der Waals surface area contributed by atoms with Gasteiger partial charge in [0.05, 0.1) is 12.2 Å². The Morgan fingerprint density at radius 3 is 2.92 bits per heavy atom. The van der Waals surface area contributed by atoms with E-state index in [0.29, 0.717) is 11.7 Å². The van der Waals surface area contributed by atoms with Crippen LogP contribution in [0, 0.1) is 0 Å². The van der Waals surface area contributed by atoms with Crippen molar-refractivity contribution < 1.29 is 4.79 Å². The monoisotopic (exact) mass is 345 g/mol. The summed E-state index contributed by atoms with van der Waals surface area (Å²) in [6.07, 6.45) is 6.30. The first-order chi connectivity index (χ1) is 11.8. The Morgan fingerprint density at radius 1 is 1.25 bits per heavy atom. The van der Waals surface area contributed by atoms with Gasteiger partial charge in [-0.15, -0.1) is 16.4 Å². The fourth-order valence-corrected chi connectivity index (χ4v) is 4.40. The summed E-state index contributed by atoms with van der Waals surface area (Å²) < 4.78 is 1.91. The maximum absolute atomic E-state index is 12.4. The highest BCUT2D eigenvalue weighted by atomic mass is 32.1. The number of carbonyl (C=O) groups excluding carboxylic acids is 1. The van der Waals surface area contributed by atoms with E-state index in [1.54, 1.807) is 0 Å². The smallest absolute Gasteiger partial charge is 0.276 e. The fourth-order valence-electron chi connectivity index (χ4n) is 3.65. The molecule has 2 saturated heterocycles. The Morgan fingerprint density at radius 2 is 2.12 bits per heavy atom. The maximum Gasteiger partial charge on any atom is 0.276 e. The molecule has 0 N–H and O–H groups in total. The standard InChI is InChI=1S/C17H23N5OS/c23-17(21-8-1-2-9-21)16-13-22(19-18-16)14-5-3-7-20(11-14)12-15-6-4-10-24-15/h4,6,10,13-14H,1-3,5,7-9,11-12H2/t14-/m1/s1. The second kappa shape index (κ2) is 7.03. The van der Waals surface area contributed by atoms with Crippen molar-refractivity contribution in [2.45, 2.75) is 38.3 Å². The van der Waals surface area contributed by atoms with Gasteiger partial charge in [0.2, 0.25) is 0 Å². The van der Waals surface area contributed by atoms with Crippen LogP contribution in [-0.4, -0.2) is 56.9 Å². The summed E-state index contributed by atoms with van der Waals surface area (Å²) in [6.45, 7) is 4.80. The van der Waals surface area contributed by atoms with Gasteiger partial charge in [0, 0.05) is 31.1 Å². The van der Waals surface area contributed by atoms with E-state index in [0.717, 1.165) is 58.4 Å². The van der Waals surface area contributed by atoms with Crippen LogP contribution >= 0.6 is 11.3 Å². The number of amides is 1. The van der Waals surface area contributed by atoms with E-state index >= 15 is 0 Å². The zero-order valence-electron chi connectivity index (χ0n) is 13.8. The van der Waals surface area contributed by atoms with E-state index < -0.39 is 0 Å². The van der Waals surface area contributed by atoms with E-state index in [1.165, 1.54) is 4.88 Å². The molecule has 6 nitrogen and oxygen atoms in total. The van der Waals surface area contributed by atoms with Crippen molar-refractivity contribution >= 4 is 17.2 Å². The summed E-state index contributed by atoms with van der Waals surface area (Å²) in [5.41, 5.74) is 0.493. The van der Waals surface area contributed by atoms with Crippen molar-refractivity contribution in [3.63, 3.8) is 0 Å².